The number of esters is 3. The van der Waals surface area contributed by atoms with Gasteiger partial charge in [0.25, 0.3) is 5.91 Å². The summed E-state index contributed by atoms with van der Waals surface area (Å²) in [7, 11) is 2.68. The molecule has 1 aromatic heterocycles. The number of carbonyl (C=O) groups is 5. The van der Waals surface area contributed by atoms with Gasteiger partial charge in [0.2, 0.25) is 0 Å². The fraction of sp³-hybridized carbons (Fsp3) is 0.679. The Hall–Kier alpha value is -3.81. The highest BCUT2D eigenvalue weighted by atomic mass is 16.6. The maximum Gasteiger partial charge on any atom is 0.407 e. The van der Waals surface area contributed by atoms with Crippen molar-refractivity contribution in [2.24, 2.45) is 0 Å². The van der Waals surface area contributed by atoms with E-state index in [1.165, 1.54) is 19.1 Å². The molecule has 0 spiro atoms. The molecular formula is C28H46N4O10. The zero-order valence-electron chi connectivity index (χ0n) is 26.0. The molecule has 0 bridgehead atoms. The van der Waals surface area contributed by atoms with E-state index >= 15 is 0 Å². The number of carbonyl (C=O) groups excluding carboxylic acids is 5. The van der Waals surface area contributed by atoms with Crippen LogP contribution in [0.25, 0.3) is 0 Å². The molecule has 1 aromatic rings. The molecule has 0 unspecified atom stereocenters. The zero-order chi connectivity index (χ0) is 31.9. The fourth-order valence-corrected chi connectivity index (χ4v) is 4.05. The predicted molar refractivity (Wildman–Crippen MR) is 152 cm³/mol. The summed E-state index contributed by atoms with van der Waals surface area (Å²) < 4.78 is 25.6. The molecule has 1 rings (SSSR count). The highest BCUT2D eigenvalue weighted by Gasteiger charge is 2.30. The minimum absolute atomic E-state index is 0.105. The van der Waals surface area contributed by atoms with Crippen molar-refractivity contribution in [1.29, 1.82) is 0 Å². The number of aromatic nitrogens is 1. The summed E-state index contributed by atoms with van der Waals surface area (Å²) in [4.78, 5) is 66.2. The third-order valence-electron chi connectivity index (χ3n) is 5.91. The smallest absolute Gasteiger partial charge is 0.407 e. The third-order valence-corrected chi connectivity index (χ3v) is 5.91. The van der Waals surface area contributed by atoms with Gasteiger partial charge in [0.15, 0.2) is 5.75 Å². The maximum absolute atomic E-state index is 12.9. The molecule has 0 fully saturated rings. The number of unbranched alkanes of at least 4 members (excludes halogenated alkanes) is 1. The van der Waals surface area contributed by atoms with Gasteiger partial charge in [0.05, 0.1) is 47.1 Å². The number of H-pyrrole nitrogens is 1. The van der Waals surface area contributed by atoms with Crippen molar-refractivity contribution in [1.82, 2.24) is 20.5 Å². The van der Waals surface area contributed by atoms with Gasteiger partial charge in [-0.05, 0) is 60.8 Å². The molecule has 0 aliphatic rings. The number of alkyl carbamates (subject to hydrolysis) is 1. The second kappa shape index (κ2) is 17.9. The highest BCUT2D eigenvalue weighted by Crippen LogP contribution is 2.26. The molecule has 14 heteroatoms. The quantitative estimate of drug-likeness (QED) is 0.136. The number of amides is 2. The number of ether oxygens (including phenoxy) is 5. The number of aromatic amines is 1. The van der Waals surface area contributed by atoms with E-state index in [4.69, 9.17) is 23.7 Å². The van der Waals surface area contributed by atoms with Gasteiger partial charge < -0.3 is 39.3 Å². The van der Waals surface area contributed by atoms with E-state index in [-0.39, 0.29) is 51.5 Å². The van der Waals surface area contributed by atoms with E-state index < -0.39 is 41.6 Å². The monoisotopic (exact) mass is 598 g/mol. The van der Waals surface area contributed by atoms with Crippen molar-refractivity contribution in [3.05, 3.63) is 17.0 Å². The first-order valence-electron chi connectivity index (χ1n) is 13.9. The lowest BCUT2D eigenvalue weighted by Crippen LogP contribution is -2.47. The van der Waals surface area contributed by atoms with E-state index in [9.17, 15) is 24.0 Å². The lowest BCUT2D eigenvalue weighted by molar-refractivity contribution is -0.155. The summed E-state index contributed by atoms with van der Waals surface area (Å²) in [5, 5.41) is 5.47. The van der Waals surface area contributed by atoms with Crippen molar-refractivity contribution in [2.45, 2.75) is 79.0 Å². The second-order valence-electron chi connectivity index (χ2n) is 10.3. The van der Waals surface area contributed by atoms with E-state index in [1.807, 2.05) is 0 Å². The maximum atomic E-state index is 12.9. The van der Waals surface area contributed by atoms with Crippen LogP contribution in [-0.2, 0) is 39.9 Å². The molecule has 1 heterocycles. The van der Waals surface area contributed by atoms with Gasteiger partial charge in [-0.25, -0.2) is 4.79 Å². The van der Waals surface area contributed by atoms with E-state index in [0.717, 1.165) is 0 Å². The van der Waals surface area contributed by atoms with Crippen LogP contribution in [0.5, 0.6) is 5.75 Å². The number of hydrogen-bond acceptors (Lipinski definition) is 11. The molecule has 0 radical (unpaired) electrons. The largest absolute Gasteiger partial charge is 0.494 e. The van der Waals surface area contributed by atoms with Crippen LogP contribution in [0.2, 0.25) is 0 Å². The summed E-state index contributed by atoms with van der Waals surface area (Å²) in [6.45, 7) is 10.5. The van der Waals surface area contributed by atoms with Crippen molar-refractivity contribution < 1.29 is 47.7 Å². The molecule has 0 aliphatic heterocycles. The Kier molecular flexibility index (Phi) is 15.4. The van der Waals surface area contributed by atoms with E-state index in [0.29, 0.717) is 29.8 Å². The average molecular weight is 599 g/mol. The van der Waals surface area contributed by atoms with Crippen molar-refractivity contribution >= 4 is 29.9 Å². The molecule has 0 saturated heterocycles. The Morgan fingerprint density at radius 3 is 2.02 bits per heavy atom. The average Bonchev–Trinajstić information content (AvgIpc) is 3.23. The number of hydrogen-bond donors (Lipinski definition) is 3. The van der Waals surface area contributed by atoms with Crippen molar-refractivity contribution in [3.63, 3.8) is 0 Å². The van der Waals surface area contributed by atoms with Crippen LogP contribution in [0.15, 0.2) is 0 Å². The minimum atomic E-state index is -0.898. The summed E-state index contributed by atoms with van der Waals surface area (Å²) in [5.41, 5.74) is 0.822. The highest BCUT2D eigenvalue weighted by molar-refractivity contribution is 5.96. The van der Waals surface area contributed by atoms with Gasteiger partial charge in [-0.1, -0.05) is 0 Å². The van der Waals surface area contributed by atoms with Crippen LogP contribution in [-0.4, -0.2) is 98.5 Å². The van der Waals surface area contributed by atoms with Crippen LogP contribution < -0.4 is 15.4 Å². The van der Waals surface area contributed by atoms with Crippen LogP contribution >= 0.6 is 0 Å². The first-order chi connectivity index (χ1) is 19.8. The summed E-state index contributed by atoms with van der Waals surface area (Å²) >= 11 is 0. The molecular weight excluding hydrogens is 552 g/mol. The number of rotatable bonds is 17. The standard InChI is InChI=1S/C28H46N4O10/c1-9-40-21(33)16-32(17-22(34)41-10-2)20(26(36)39-8)13-11-12-14-29-25(35)23-24(38-7)18(3)19(31-23)15-30-27(37)42-28(4,5)6/h20,31H,9-17H2,1-8H3,(H,29,35)(H,30,37)/t20-/m0/s1. The SMILES string of the molecule is CCOC(=O)CN(CC(=O)OCC)[C@@H](CCCCNC(=O)c1[nH]c(CNC(=O)OC(C)(C)C)c(C)c1OC)C(=O)OC. The van der Waals surface area contributed by atoms with Crippen LogP contribution in [0.1, 0.15) is 75.6 Å². The molecule has 238 valence electrons. The van der Waals surface area contributed by atoms with Gasteiger partial charge in [0.1, 0.15) is 17.3 Å². The summed E-state index contributed by atoms with van der Waals surface area (Å²) in [6, 6.07) is -0.898. The van der Waals surface area contributed by atoms with E-state index in [1.54, 1.807) is 41.5 Å². The Morgan fingerprint density at radius 2 is 1.52 bits per heavy atom. The molecule has 1 atom stereocenters. The van der Waals surface area contributed by atoms with Crippen LogP contribution in [0.3, 0.4) is 0 Å². The van der Waals surface area contributed by atoms with Crippen molar-refractivity contribution in [2.75, 3.05) is 47.1 Å². The molecule has 0 aliphatic carbocycles. The first-order valence-corrected chi connectivity index (χ1v) is 13.9. The summed E-state index contributed by atoms with van der Waals surface area (Å²) in [5.74, 6) is -1.83. The molecule has 0 aromatic carbocycles. The predicted octanol–water partition coefficient (Wildman–Crippen LogP) is 2.23. The topological polar surface area (TPSA) is 175 Å². The first kappa shape index (κ1) is 36.2. The zero-order valence-corrected chi connectivity index (χ0v) is 26.0. The number of methoxy groups -OCH3 is 2. The minimum Gasteiger partial charge on any atom is -0.494 e. The van der Waals surface area contributed by atoms with Gasteiger partial charge in [-0.2, -0.15) is 0 Å². The lowest BCUT2D eigenvalue weighted by atomic mass is 10.1. The van der Waals surface area contributed by atoms with Crippen LogP contribution in [0, 0.1) is 6.92 Å². The van der Waals surface area contributed by atoms with Crippen LogP contribution in [0.4, 0.5) is 4.79 Å². The normalized spacial score (nSPS) is 11.8. The molecule has 14 nitrogen and oxygen atoms in total. The lowest BCUT2D eigenvalue weighted by Gasteiger charge is -2.28. The Bertz CT molecular complexity index is 1040. The van der Waals surface area contributed by atoms with Gasteiger partial charge in [-0.3, -0.25) is 24.1 Å². The van der Waals surface area contributed by atoms with E-state index in [2.05, 4.69) is 15.6 Å². The Labute approximate surface area is 247 Å². The molecule has 3 N–H and O–H groups in total. The van der Waals surface area contributed by atoms with Gasteiger partial charge in [-0.15, -0.1) is 0 Å². The second-order valence-corrected chi connectivity index (χ2v) is 10.3. The molecule has 42 heavy (non-hydrogen) atoms. The Balaban J connectivity index is 2.80. The van der Waals surface area contributed by atoms with Gasteiger partial charge >= 0.3 is 24.0 Å². The third kappa shape index (κ3) is 12.4. The summed E-state index contributed by atoms with van der Waals surface area (Å²) in [6.07, 6.45) is 0.622. The Morgan fingerprint density at radius 1 is 0.929 bits per heavy atom. The number of nitrogens with zero attached hydrogens (tertiary/aromatic N) is 1. The fourth-order valence-electron chi connectivity index (χ4n) is 4.05. The number of nitrogens with one attached hydrogen (secondary N) is 3. The molecule has 2 amide bonds. The van der Waals surface area contributed by atoms with Crippen molar-refractivity contribution in [3.8, 4) is 5.75 Å². The molecule has 0 saturated carbocycles. The van der Waals surface area contributed by atoms with Gasteiger partial charge in [0, 0.05) is 17.8 Å².